The molecule has 130 valence electrons. The number of benzene rings is 4. The number of nitrogens with zero attached hydrogens (tertiary/aromatic N) is 1. The lowest BCUT2D eigenvalue weighted by Crippen LogP contribution is -2.11. The molecular formula is C24H18N2O. The maximum Gasteiger partial charge on any atom is 0.257 e. The second kappa shape index (κ2) is 7.67. The molecule has 1 amide bonds. The molecule has 0 bridgehead atoms. The first-order valence-electron chi connectivity index (χ1n) is 8.78. The van der Waals surface area contributed by atoms with Crippen molar-refractivity contribution in [2.45, 2.75) is 0 Å². The Kier molecular flexibility index (Phi) is 4.75. The van der Waals surface area contributed by atoms with E-state index in [2.05, 4.69) is 28.5 Å². The highest BCUT2D eigenvalue weighted by molar-refractivity contribution is 6.08. The minimum Gasteiger partial charge on any atom is -0.322 e. The van der Waals surface area contributed by atoms with Crippen LogP contribution in [0.25, 0.3) is 10.8 Å². The number of anilines is 1. The van der Waals surface area contributed by atoms with E-state index in [9.17, 15) is 4.79 Å². The standard InChI is InChI=1S/C24H18N2O/c27-24(26-20-12-2-1-3-13-20)22-15-6-7-16-23(22)25-17-19-11-8-10-18-9-4-5-14-21(18)19/h1-17H,(H,26,27). The SMILES string of the molecule is O=C(Nc1ccccc1)c1ccccc1N=Cc1cccc2ccccc12. The Balaban J connectivity index is 1.65. The van der Waals surface area contributed by atoms with E-state index >= 15 is 0 Å². The summed E-state index contributed by atoms with van der Waals surface area (Å²) in [5.41, 5.74) is 2.96. The van der Waals surface area contributed by atoms with E-state index in [0.29, 0.717) is 11.3 Å². The molecule has 3 heteroatoms. The van der Waals surface area contributed by atoms with Gasteiger partial charge in [-0.05, 0) is 35.0 Å². The van der Waals surface area contributed by atoms with Gasteiger partial charge in [-0.15, -0.1) is 0 Å². The lowest BCUT2D eigenvalue weighted by molar-refractivity contribution is 0.102. The van der Waals surface area contributed by atoms with Crippen LogP contribution in [0.3, 0.4) is 0 Å². The molecule has 0 aliphatic heterocycles. The normalized spacial score (nSPS) is 11.0. The molecule has 1 N–H and O–H groups in total. The van der Waals surface area contributed by atoms with Gasteiger partial charge in [0.05, 0.1) is 11.3 Å². The van der Waals surface area contributed by atoms with E-state index in [0.717, 1.165) is 22.0 Å². The third-order valence-corrected chi connectivity index (χ3v) is 4.35. The number of amides is 1. The molecule has 0 heterocycles. The molecular weight excluding hydrogens is 332 g/mol. The summed E-state index contributed by atoms with van der Waals surface area (Å²) < 4.78 is 0. The Hall–Kier alpha value is -3.72. The van der Waals surface area contributed by atoms with E-state index < -0.39 is 0 Å². The van der Waals surface area contributed by atoms with Gasteiger partial charge in [0.1, 0.15) is 0 Å². The molecule has 0 aliphatic carbocycles. The first kappa shape index (κ1) is 16.7. The Bertz CT molecular complexity index is 1110. The number of para-hydroxylation sites is 2. The van der Waals surface area contributed by atoms with Gasteiger partial charge in [-0.3, -0.25) is 9.79 Å². The predicted octanol–water partition coefficient (Wildman–Crippen LogP) is 5.84. The average molecular weight is 350 g/mol. The first-order valence-corrected chi connectivity index (χ1v) is 8.78. The zero-order valence-corrected chi connectivity index (χ0v) is 14.7. The Labute approximate surface area is 158 Å². The van der Waals surface area contributed by atoms with Gasteiger partial charge in [0, 0.05) is 17.5 Å². The van der Waals surface area contributed by atoms with Crippen LogP contribution >= 0.6 is 0 Å². The minimum atomic E-state index is -0.174. The number of hydrogen-bond acceptors (Lipinski definition) is 2. The molecule has 0 aliphatic rings. The van der Waals surface area contributed by atoms with Crippen molar-refractivity contribution >= 4 is 34.3 Å². The second-order valence-electron chi connectivity index (χ2n) is 6.16. The van der Waals surface area contributed by atoms with E-state index in [-0.39, 0.29) is 5.91 Å². The number of rotatable bonds is 4. The van der Waals surface area contributed by atoms with Crippen LogP contribution in [0.1, 0.15) is 15.9 Å². The Morgan fingerprint density at radius 3 is 2.33 bits per heavy atom. The van der Waals surface area contributed by atoms with Crippen LogP contribution in [-0.4, -0.2) is 12.1 Å². The van der Waals surface area contributed by atoms with Crippen molar-refractivity contribution in [3.8, 4) is 0 Å². The van der Waals surface area contributed by atoms with Crippen molar-refractivity contribution in [1.29, 1.82) is 0 Å². The number of carbonyl (C=O) groups is 1. The number of hydrogen-bond donors (Lipinski definition) is 1. The molecule has 0 aromatic heterocycles. The van der Waals surface area contributed by atoms with Gasteiger partial charge in [0.15, 0.2) is 0 Å². The van der Waals surface area contributed by atoms with Crippen LogP contribution in [0.5, 0.6) is 0 Å². The van der Waals surface area contributed by atoms with Crippen LogP contribution in [0.15, 0.2) is 102 Å². The fraction of sp³-hybridized carbons (Fsp3) is 0. The zero-order chi connectivity index (χ0) is 18.5. The lowest BCUT2D eigenvalue weighted by atomic mass is 10.1. The van der Waals surface area contributed by atoms with Gasteiger partial charge in [0.2, 0.25) is 0 Å². The van der Waals surface area contributed by atoms with Crippen LogP contribution < -0.4 is 5.32 Å². The third kappa shape index (κ3) is 3.77. The van der Waals surface area contributed by atoms with Crippen molar-refractivity contribution in [1.82, 2.24) is 0 Å². The minimum absolute atomic E-state index is 0.174. The van der Waals surface area contributed by atoms with E-state index in [1.165, 1.54) is 0 Å². The summed E-state index contributed by atoms with van der Waals surface area (Å²) in [4.78, 5) is 17.3. The molecule has 27 heavy (non-hydrogen) atoms. The van der Waals surface area contributed by atoms with E-state index in [4.69, 9.17) is 0 Å². The molecule has 0 saturated heterocycles. The maximum absolute atomic E-state index is 12.7. The van der Waals surface area contributed by atoms with Gasteiger partial charge in [-0.25, -0.2) is 0 Å². The summed E-state index contributed by atoms with van der Waals surface area (Å²) >= 11 is 0. The van der Waals surface area contributed by atoms with Gasteiger partial charge >= 0.3 is 0 Å². The molecule has 4 rings (SSSR count). The maximum atomic E-state index is 12.7. The number of nitrogens with one attached hydrogen (secondary N) is 1. The van der Waals surface area contributed by atoms with Crippen molar-refractivity contribution in [3.05, 3.63) is 108 Å². The van der Waals surface area contributed by atoms with Crippen LogP contribution in [-0.2, 0) is 0 Å². The van der Waals surface area contributed by atoms with E-state index in [1.807, 2.05) is 79.0 Å². The molecule has 0 unspecified atom stereocenters. The number of fused-ring (bicyclic) bond motifs is 1. The van der Waals surface area contributed by atoms with E-state index in [1.54, 1.807) is 6.07 Å². The van der Waals surface area contributed by atoms with Gasteiger partial charge in [0.25, 0.3) is 5.91 Å². The topological polar surface area (TPSA) is 41.5 Å². The molecule has 0 fully saturated rings. The van der Waals surface area contributed by atoms with Crippen LogP contribution in [0.2, 0.25) is 0 Å². The highest BCUT2D eigenvalue weighted by Gasteiger charge is 2.10. The Morgan fingerprint density at radius 2 is 1.44 bits per heavy atom. The molecule has 3 nitrogen and oxygen atoms in total. The average Bonchev–Trinajstić information content (AvgIpc) is 2.73. The molecule has 4 aromatic carbocycles. The van der Waals surface area contributed by atoms with Crippen molar-refractivity contribution < 1.29 is 4.79 Å². The smallest absolute Gasteiger partial charge is 0.257 e. The molecule has 0 spiro atoms. The summed E-state index contributed by atoms with van der Waals surface area (Å²) in [6, 6.07) is 31.1. The summed E-state index contributed by atoms with van der Waals surface area (Å²) in [6.07, 6.45) is 1.82. The first-order chi connectivity index (χ1) is 13.3. The summed E-state index contributed by atoms with van der Waals surface area (Å²) in [6.45, 7) is 0. The van der Waals surface area contributed by atoms with Crippen LogP contribution in [0, 0.1) is 0 Å². The summed E-state index contributed by atoms with van der Waals surface area (Å²) in [5.74, 6) is -0.174. The zero-order valence-electron chi connectivity index (χ0n) is 14.7. The van der Waals surface area contributed by atoms with Gasteiger partial charge in [-0.1, -0.05) is 72.8 Å². The van der Waals surface area contributed by atoms with Gasteiger partial charge < -0.3 is 5.32 Å². The quantitative estimate of drug-likeness (QED) is 0.461. The second-order valence-corrected chi connectivity index (χ2v) is 6.16. The fourth-order valence-electron chi connectivity index (χ4n) is 3.00. The van der Waals surface area contributed by atoms with Crippen molar-refractivity contribution in [2.24, 2.45) is 4.99 Å². The van der Waals surface area contributed by atoms with Gasteiger partial charge in [-0.2, -0.15) is 0 Å². The Morgan fingerprint density at radius 1 is 0.741 bits per heavy atom. The predicted molar refractivity (Wildman–Crippen MR) is 112 cm³/mol. The highest BCUT2D eigenvalue weighted by atomic mass is 16.1. The fourth-order valence-corrected chi connectivity index (χ4v) is 3.00. The van der Waals surface area contributed by atoms with Crippen molar-refractivity contribution in [3.63, 3.8) is 0 Å². The lowest BCUT2D eigenvalue weighted by Gasteiger charge is -2.07. The van der Waals surface area contributed by atoms with Crippen molar-refractivity contribution in [2.75, 3.05) is 5.32 Å². The number of carbonyl (C=O) groups excluding carboxylic acids is 1. The third-order valence-electron chi connectivity index (χ3n) is 4.35. The van der Waals surface area contributed by atoms with Crippen LogP contribution in [0.4, 0.5) is 11.4 Å². The molecule has 0 atom stereocenters. The molecule has 0 saturated carbocycles. The summed E-state index contributed by atoms with van der Waals surface area (Å²) in [5, 5.41) is 5.21. The monoisotopic (exact) mass is 350 g/mol. The number of aliphatic imine (C=N–C) groups is 1. The molecule has 4 aromatic rings. The molecule has 0 radical (unpaired) electrons. The highest BCUT2D eigenvalue weighted by Crippen LogP contribution is 2.22. The largest absolute Gasteiger partial charge is 0.322 e. The summed E-state index contributed by atoms with van der Waals surface area (Å²) in [7, 11) is 0.